The van der Waals surface area contributed by atoms with Crippen molar-refractivity contribution in [2.24, 2.45) is 0 Å². The summed E-state index contributed by atoms with van der Waals surface area (Å²) < 4.78 is 18.6. The van der Waals surface area contributed by atoms with E-state index in [9.17, 15) is 9.18 Å². The molecule has 0 saturated heterocycles. The molecule has 0 radical (unpaired) electrons. The Morgan fingerprint density at radius 1 is 1.47 bits per heavy atom. The lowest BCUT2D eigenvalue weighted by Gasteiger charge is -2.03. The molecule has 0 aliphatic rings. The van der Waals surface area contributed by atoms with Crippen LogP contribution in [0.25, 0.3) is 10.4 Å². The second kappa shape index (κ2) is 5.46. The van der Waals surface area contributed by atoms with Gasteiger partial charge < -0.3 is 10.5 Å². The second-order valence-corrected chi connectivity index (χ2v) is 6.10. The number of benzene rings is 1. The number of thiophene rings is 1. The van der Waals surface area contributed by atoms with Crippen molar-refractivity contribution in [2.45, 2.75) is 6.92 Å². The van der Waals surface area contributed by atoms with Crippen LogP contribution in [-0.4, -0.2) is 13.1 Å². The predicted octanol–water partition coefficient (Wildman–Crippen LogP) is 3.84. The Morgan fingerprint density at radius 3 is 2.74 bits per heavy atom. The molecule has 6 heteroatoms. The Hall–Kier alpha value is -1.15. The van der Waals surface area contributed by atoms with Crippen LogP contribution in [0.15, 0.2) is 18.2 Å². The van der Waals surface area contributed by atoms with Crippen LogP contribution in [0.4, 0.5) is 10.1 Å². The Kier molecular flexibility index (Phi) is 4.10. The maximum Gasteiger partial charge on any atom is 0.350 e. The molecule has 0 spiro atoms. The summed E-state index contributed by atoms with van der Waals surface area (Å²) in [5.74, 6) is -0.738. The van der Waals surface area contributed by atoms with E-state index in [1.165, 1.54) is 30.6 Å². The molecule has 0 bridgehead atoms. The van der Waals surface area contributed by atoms with Gasteiger partial charge in [0.15, 0.2) is 0 Å². The number of anilines is 1. The lowest BCUT2D eigenvalue weighted by atomic mass is 10.1. The molecule has 2 rings (SSSR count). The van der Waals surface area contributed by atoms with Gasteiger partial charge in [-0.15, -0.1) is 11.3 Å². The molecule has 2 N–H and O–H groups in total. The maximum atomic E-state index is 13.1. The fraction of sp³-hybridized carbons (Fsp3) is 0.154. The Morgan fingerprint density at radius 2 is 2.16 bits per heavy atom. The summed E-state index contributed by atoms with van der Waals surface area (Å²) in [4.78, 5) is 12.9. The first-order valence-electron chi connectivity index (χ1n) is 5.38. The van der Waals surface area contributed by atoms with Gasteiger partial charge in [0.2, 0.25) is 0 Å². The van der Waals surface area contributed by atoms with Crippen molar-refractivity contribution in [1.82, 2.24) is 0 Å². The fourth-order valence-corrected chi connectivity index (χ4v) is 3.82. The Labute approximate surface area is 127 Å². The minimum Gasteiger partial charge on any atom is -0.465 e. The zero-order valence-electron chi connectivity index (χ0n) is 10.3. The van der Waals surface area contributed by atoms with E-state index in [2.05, 4.69) is 22.6 Å². The summed E-state index contributed by atoms with van der Waals surface area (Å²) in [5.41, 5.74) is 8.04. The van der Waals surface area contributed by atoms with Crippen molar-refractivity contribution in [3.05, 3.63) is 38.0 Å². The maximum absolute atomic E-state index is 13.1. The van der Waals surface area contributed by atoms with Crippen LogP contribution in [-0.2, 0) is 4.74 Å². The number of halogens is 2. The molecule has 0 aliphatic heterocycles. The molecule has 0 fully saturated rings. The van der Waals surface area contributed by atoms with Gasteiger partial charge in [0.1, 0.15) is 10.7 Å². The van der Waals surface area contributed by atoms with Gasteiger partial charge in [0, 0.05) is 14.0 Å². The molecule has 100 valence electrons. The van der Waals surface area contributed by atoms with Crippen LogP contribution in [0.5, 0.6) is 0 Å². The number of hydrogen-bond donors (Lipinski definition) is 1. The number of esters is 1. The molecule has 0 saturated carbocycles. The van der Waals surface area contributed by atoms with E-state index in [1.54, 1.807) is 6.07 Å². The number of hydrogen-bond acceptors (Lipinski definition) is 4. The molecule has 0 amide bonds. The monoisotopic (exact) mass is 391 g/mol. The number of nitrogens with two attached hydrogens (primary N) is 1. The smallest absolute Gasteiger partial charge is 0.350 e. The van der Waals surface area contributed by atoms with Gasteiger partial charge in [0.25, 0.3) is 0 Å². The zero-order valence-corrected chi connectivity index (χ0v) is 13.3. The normalized spacial score (nSPS) is 10.5. The number of carbonyl (C=O) groups excluding carboxylic acids is 1. The fourth-order valence-electron chi connectivity index (χ4n) is 1.70. The third-order valence-electron chi connectivity index (χ3n) is 2.74. The third kappa shape index (κ3) is 2.59. The molecular weight excluding hydrogens is 380 g/mol. The molecule has 19 heavy (non-hydrogen) atoms. The van der Waals surface area contributed by atoms with Gasteiger partial charge in [-0.3, -0.25) is 0 Å². The van der Waals surface area contributed by atoms with E-state index >= 15 is 0 Å². The van der Waals surface area contributed by atoms with E-state index in [4.69, 9.17) is 10.5 Å². The molecule has 0 atom stereocenters. The number of carbonyl (C=O) groups is 1. The third-order valence-corrected chi connectivity index (χ3v) is 4.95. The average molecular weight is 391 g/mol. The molecule has 0 unspecified atom stereocenters. The van der Waals surface area contributed by atoms with Crippen molar-refractivity contribution in [2.75, 3.05) is 12.8 Å². The SMILES string of the molecule is COC(=O)c1sc(-c2ccc(F)cc2I)c(C)c1N. The first-order chi connectivity index (χ1) is 8.95. The Balaban J connectivity index is 2.60. The molecule has 0 aliphatic carbocycles. The summed E-state index contributed by atoms with van der Waals surface area (Å²) in [5, 5.41) is 0. The lowest BCUT2D eigenvalue weighted by molar-refractivity contribution is 0.0607. The Bertz CT molecular complexity index is 654. The van der Waals surface area contributed by atoms with Crippen LogP contribution in [0, 0.1) is 16.3 Å². The quantitative estimate of drug-likeness (QED) is 0.626. The molecule has 1 aromatic carbocycles. The standard InChI is InChI=1S/C13H11FINO2S/c1-6-10(16)12(13(17)18-2)19-11(6)8-4-3-7(14)5-9(8)15/h3-5H,16H2,1-2H3. The van der Waals surface area contributed by atoms with Gasteiger partial charge in [0.05, 0.1) is 12.8 Å². The predicted molar refractivity (Wildman–Crippen MR) is 82.9 cm³/mol. The van der Waals surface area contributed by atoms with E-state index in [1.807, 2.05) is 6.92 Å². The highest BCUT2D eigenvalue weighted by molar-refractivity contribution is 14.1. The van der Waals surface area contributed by atoms with E-state index in [0.717, 1.165) is 19.6 Å². The highest BCUT2D eigenvalue weighted by Gasteiger charge is 2.21. The number of rotatable bonds is 2. The largest absolute Gasteiger partial charge is 0.465 e. The van der Waals surface area contributed by atoms with Crippen LogP contribution >= 0.6 is 33.9 Å². The van der Waals surface area contributed by atoms with Crippen molar-refractivity contribution in [3.8, 4) is 10.4 Å². The van der Waals surface area contributed by atoms with Crippen molar-refractivity contribution in [1.29, 1.82) is 0 Å². The van der Waals surface area contributed by atoms with Gasteiger partial charge >= 0.3 is 5.97 Å². The molecule has 2 aromatic rings. The second-order valence-electron chi connectivity index (χ2n) is 3.91. The molecular formula is C13H11FINO2S. The van der Waals surface area contributed by atoms with Gasteiger partial charge in [-0.2, -0.15) is 0 Å². The topological polar surface area (TPSA) is 52.3 Å². The summed E-state index contributed by atoms with van der Waals surface area (Å²) in [7, 11) is 1.32. The van der Waals surface area contributed by atoms with E-state index in [-0.39, 0.29) is 5.82 Å². The van der Waals surface area contributed by atoms with E-state index < -0.39 is 5.97 Å². The minimum atomic E-state index is -0.450. The van der Waals surface area contributed by atoms with Gasteiger partial charge in [-0.1, -0.05) is 0 Å². The van der Waals surface area contributed by atoms with Gasteiger partial charge in [-0.05, 0) is 53.3 Å². The summed E-state index contributed by atoms with van der Waals surface area (Å²) in [6, 6.07) is 4.53. The van der Waals surface area contributed by atoms with Crippen molar-refractivity contribution < 1.29 is 13.9 Å². The molecule has 3 nitrogen and oxygen atoms in total. The van der Waals surface area contributed by atoms with Crippen molar-refractivity contribution in [3.63, 3.8) is 0 Å². The van der Waals surface area contributed by atoms with Crippen molar-refractivity contribution >= 4 is 45.6 Å². The lowest BCUT2D eigenvalue weighted by Crippen LogP contribution is -2.01. The van der Waals surface area contributed by atoms with Crippen LogP contribution in [0.1, 0.15) is 15.2 Å². The highest BCUT2D eigenvalue weighted by Crippen LogP contribution is 2.40. The van der Waals surface area contributed by atoms with Crippen LogP contribution < -0.4 is 5.73 Å². The minimum absolute atomic E-state index is 0.288. The number of methoxy groups -OCH3 is 1. The zero-order chi connectivity index (χ0) is 14.2. The highest BCUT2D eigenvalue weighted by atomic mass is 127. The number of ether oxygens (including phenoxy) is 1. The van der Waals surface area contributed by atoms with E-state index in [0.29, 0.717) is 10.6 Å². The van der Waals surface area contributed by atoms with Crippen LogP contribution in [0.3, 0.4) is 0 Å². The molecule has 1 aromatic heterocycles. The van der Waals surface area contributed by atoms with Crippen LogP contribution in [0.2, 0.25) is 0 Å². The first-order valence-corrected chi connectivity index (χ1v) is 7.27. The van der Waals surface area contributed by atoms with Gasteiger partial charge in [-0.25, -0.2) is 9.18 Å². The summed E-state index contributed by atoms with van der Waals surface area (Å²) in [6.45, 7) is 1.84. The average Bonchev–Trinajstić information content (AvgIpc) is 2.66. The summed E-state index contributed by atoms with van der Waals surface area (Å²) in [6.07, 6.45) is 0. The first kappa shape index (κ1) is 14.3. The number of nitrogen functional groups attached to an aromatic ring is 1. The summed E-state index contributed by atoms with van der Waals surface area (Å²) >= 11 is 3.33. The molecule has 1 heterocycles.